The molecule has 0 fully saturated rings. The summed E-state index contributed by atoms with van der Waals surface area (Å²) in [4.78, 5) is 4.39. The predicted molar refractivity (Wildman–Crippen MR) is 78.9 cm³/mol. The van der Waals surface area contributed by atoms with E-state index in [4.69, 9.17) is 0 Å². The molecule has 0 aliphatic heterocycles. The Morgan fingerprint density at radius 3 is 2.47 bits per heavy atom. The average Bonchev–Trinajstić information content (AvgIpc) is 2.88. The number of aromatic nitrogens is 2. The molecule has 0 unspecified atom stereocenters. The van der Waals surface area contributed by atoms with Gasteiger partial charge in [0.2, 0.25) is 0 Å². The first-order valence-electron chi connectivity index (χ1n) is 7.12. The molecule has 2 rings (SSSR count). The second-order valence-electron chi connectivity index (χ2n) is 4.81. The fourth-order valence-corrected chi connectivity index (χ4v) is 2.16. The molecule has 0 aliphatic carbocycles. The summed E-state index contributed by atoms with van der Waals surface area (Å²) in [6.07, 6.45) is 6.17. The van der Waals surface area contributed by atoms with Crippen LogP contribution in [0.25, 0.3) is 0 Å². The molecule has 0 radical (unpaired) electrons. The van der Waals surface area contributed by atoms with Crippen LogP contribution in [0.3, 0.4) is 0 Å². The standard InChI is InChI=1S/C16H23N3/c1-3-10-19-11-9-18-16(19)13-17-12-15-7-5-14(4-2)6-8-15/h5-9,11,17H,3-4,10,12-13H2,1-2H3. The number of aryl methyl sites for hydroxylation is 2. The molecule has 0 amide bonds. The number of nitrogens with one attached hydrogen (secondary N) is 1. The maximum absolute atomic E-state index is 4.39. The summed E-state index contributed by atoms with van der Waals surface area (Å²) in [7, 11) is 0. The lowest BCUT2D eigenvalue weighted by Crippen LogP contribution is -2.16. The maximum atomic E-state index is 4.39. The van der Waals surface area contributed by atoms with Crippen molar-refractivity contribution < 1.29 is 0 Å². The molecule has 0 spiro atoms. The van der Waals surface area contributed by atoms with Gasteiger partial charge in [-0.25, -0.2) is 4.98 Å². The lowest BCUT2D eigenvalue weighted by Gasteiger charge is -2.08. The van der Waals surface area contributed by atoms with E-state index >= 15 is 0 Å². The highest BCUT2D eigenvalue weighted by molar-refractivity contribution is 5.22. The summed E-state index contributed by atoms with van der Waals surface area (Å²) in [5.74, 6) is 1.12. The number of nitrogens with zero attached hydrogens (tertiary/aromatic N) is 2. The van der Waals surface area contributed by atoms with Crippen LogP contribution in [0.4, 0.5) is 0 Å². The van der Waals surface area contributed by atoms with Gasteiger partial charge in [0.1, 0.15) is 5.82 Å². The quantitative estimate of drug-likeness (QED) is 0.826. The molecule has 0 atom stereocenters. The molecule has 1 aromatic carbocycles. The van der Waals surface area contributed by atoms with Gasteiger partial charge in [-0.1, -0.05) is 38.1 Å². The predicted octanol–water partition coefficient (Wildman–Crippen LogP) is 3.15. The van der Waals surface area contributed by atoms with Crippen LogP contribution >= 0.6 is 0 Å². The van der Waals surface area contributed by atoms with E-state index < -0.39 is 0 Å². The van der Waals surface area contributed by atoms with Crippen molar-refractivity contribution in [3.05, 3.63) is 53.6 Å². The van der Waals surface area contributed by atoms with Gasteiger partial charge in [0.15, 0.2) is 0 Å². The van der Waals surface area contributed by atoms with Crippen molar-refractivity contribution in [3.63, 3.8) is 0 Å². The van der Waals surface area contributed by atoms with Gasteiger partial charge >= 0.3 is 0 Å². The van der Waals surface area contributed by atoms with Crippen molar-refractivity contribution in [2.75, 3.05) is 0 Å². The highest BCUT2D eigenvalue weighted by Gasteiger charge is 2.01. The Bertz CT molecular complexity index is 485. The molecule has 2 aromatic rings. The van der Waals surface area contributed by atoms with Gasteiger partial charge in [0, 0.05) is 25.5 Å². The van der Waals surface area contributed by atoms with E-state index in [9.17, 15) is 0 Å². The summed E-state index contributed by atoms with van der Waals surface area (Å²) in [5, 5.41) is 3.46. The van der Waals surface area contributed by atoms with Crippen molar-refractivity contribution in [1.82, 2.24) is 14.9 Å². The van der Waals surface area contributed by atoms with E-state index in [-0.39, 0.29) is 0 Å². The Labute approximate surface area is 115 Å². The van der Waals surface area contributed by atoms with E-state index in [1.807, 2.05) is 6.20 Å². The first-order valence-corrected chi connectivity index (χ1v) is 7.12. The molecule has 102 valence electrons. The third-order valence-electron chi connectivity index (χ3n) is 3.31. The third kappa shape index (κ3) is 3.93. The molecule has 19 heavy (non-hydrogen) atoms. The Balaban J connectivity index is 1.83. The van der Waals surface area contributed by atoms with Crippen molar-refractivity contribution >= 4 is 0 Å². The Kier molecular flexibility index (Phi) is 5.16. The zero-order valence-corrected chi connectivity index (χ0v) is 11.9. The lowest BCUT2D eigenvalue weighted by atomic mass is 10.1. The van der Waals surface area contributed by atoms with Crippen LogP contribution in [-0.4, -0.2) is 9.55 Å². The summed E-state index contributed by atoms with van der Waals surface area (Å²) < 4.78 is 2.22. The van der Waals surface area contributed by atoms with Crippen LogP contribution < -0.4 is 5.32 Å². The van der Waals surface area contributed by atoms with Crippen molar-refractivity contribution in [3.8, 4) is 0 Å². The monoisotopic (exact) mass is 257 g/mol. The molecular weight excluding hydrogens is 234 g/mol. The van der Waals surface area contributed by atoms with Gasteiger partial charge in [-0.2, -0.15) is 0 Å². The third-order valence-corrected chi connectivity index (χ3v) is 3.31. The van der Waals surface area contributed by atoms with Gasteiger partial charge in [-0.15, -0.1) is 0 Å². The van der Waals surface area contributed by atoms with Crippen LogP contribution in [0, 0.1) is 0 Å². The average molecular weight is 257 g/mol. The van der Waals surface area contributed by atoms with Crippen LogP contribution in [0.5, 0.6) is 0 Å². The minimum atomic E-state index is 0.822. The Morgan fingerprint density at radius 2 is 1.79 bits per heavy atom. The molecule has 0 saturated heterocycles. The van der Waals surface area contributed by atoms with E-state index in [0.717, 1.165) is 38.3 Å². The molecule has 1 N–H and O–H groups in total. The molecule has 1 heterocycles. The largest absolute Gasteiger partial charge is 0.334 e. The first-order chi connectivity index (χ1) is 9.33. The van der Waals surface area contributed by atoms with Crippen molar-refractivity contribution in [2.45, 2.75) is 46.3 Å². The van der Waals surface area contributed by atoms with Crippen molar-refractivity contribution in [2.24, 2.45) is 0 Å². The van der Waals surface area contributed by atoms with E-state index in [1.165, 1.54) is 11.1 Å². The topological polar surface area (TPSA) is 29.9 Å². The second kappa shape index (κ2) is 7.10. The normalized spacial score (nSPS) is 10.8. The molecule has 3 heteroatoms. The number of hydrogen-bond acceptors (Lipinski definition) is 2. The maximum Gasteiger partial charge on any atom is 0.122 e. The van der Waals surface area contributed by atoms with Crippen molar-refractivity contribution in [1.29, 1.82) is 0 Å². The van der Waals surface area contributed by atoms with E-state index in [2.05, 4.69) is 59.2 Å². The van der Waals surface area contributed by atoms with Gasteiger partial charge in [0.05, 0.1) is 6.54 Å². The van der Waals surface area contributed by atoms with E-state index in [1.54, 1.807) is 0 Å². The smallest absolute Gasteiger partial charge is 0.122 e. The Hall–Kier alpha value is -1.61. The second-order valence-corrected chi connectivity index (χ2v) is 4.81. The lowest BCUT2D eigenvalue weighted by molar-refractivity contribution is 0.588. The Morgan fingerprint density at radius 1 is 1.05 bits per heavy atom. The minimum Gasteiger partial charge on any atom is -0.334 e. The summed E-state index contributed by atoms with van der Waals surface area (Å²) >= 11 is 0. The molecule has 1 aromatic heterocycles. The molecule has 3 nitrogen and oxygen atoms in total. The number of benzene rings is 1. The summed E-state index contributed by atoms with van der Waals surface area (Å²) in [6, 6.07) is 8.80. The van der Waals surface area contributed by atoms with Gasteiger partial charge in [-0.3, -0.25) is 0 Å². The van der Waals surface area contributed by atoms with E-state index in [0.29, 0.717) is 0 Å². The fraction of sp³-hybridized carbons (Fsp3) is 0.438. The highest BCUT2D eigenvalue weighted by Crippen LogP contribution is 2.05. The zero-order chi connectivity index (χ0) is 13.5. The van der Waals surface area contributed by atoms with Crippen LogP contribution in [0.2, 0.25) is 0 Å². The molecule has 0 aliphatic rings. The highest BCUT2D eigenvalue weighted by atomic mass is 15.1. The van der Waals surface area contributed by atoms with Crippen LogP contribution in [-0.2, 0) is 26.1 Å². The number of imidazole rings is 1. The fourth-order valence-electron chi connectivity index (χ4n) is 2.16. The van der Waals surface area contributed by atoms with Crippen LogP contribution in [0.1, 0.15) is 37.2 Å². The SMILES string of the molecule is CCCn1ccnc1CNCc1ccc(CC)cc1. The zero-order valence-electron chi connectivity index (χ0n) is 11.9. The summed E-state index contributed by atoms with van der Waals surface area (Å²) in [5.41, 5.74) is 2.72. The number of hydrogen-bond donors (Lipinski definition) is 1. The van der Waals surface area contributed by atoms with Crippen LogP contribution in [0.15, 0.2) is 36.7 Å². The van der Waals surface area contributed by atoms with Gasteiger partial charge < -0.3 is 9.88 Å². The van der Waals surface area contributed by atoms with Gasteiger partial charge in [0.25, 0.3) is 0 Å². The molecular formula is C16H23N3. The summed E-state index contributed by atoms with van der Waals surface area (Å²) in [6.45, 7) is 7.13. The van der Waals surface area contributed by atoms with Gasteiger partial charge in [-0.05, 0) is 24.0 Å². The first kappa shape index (κ1) is 13.8. The minimum absolute atomic E-state index is 0.822. The molecule has 0 saturated carbocycles. The number of rotatable bonds is 7. The molecule has 0 bridgehead atoms.